The van der Waals surface area contributed by atoms with Gasteiger partial charge in [0.1, 0.15) is 6.04 Å². The van der Waals surface area contributed by atoms with Crippen molar-refractivity contribution in [3.8, 4) is 0 Å². The van der Waals surface area contributed by atoms with Gasteiger partial charge in [0.25, 0.3) is 0 Å². The van der Waals surface area contributed by atoms with Crippen LogP contribution in [0.5, 0.6) is 0 Å². The molecule has 0 bridgehead atoms. The van der Waals surface area contributed by atoms with Crippen molar-refractivity contribution in [1.29, 1.82) is 0 Å². The Kier molecular flexibility index (Phi) is 5.84. The van der Waals surface area contributed by atoms with Gasteiger partial charge in [-0.05, 0) is 44.7 Å². The van der Waals surface area contributed by atoms with Crippen LogP contribution in [-0.4, -0.2) is 49.4 Å². The van der Waals surface area contributed by atoms with E-state index in [9.17, 15) is 18.0 Å². The molecule has 0 aromatic heterocycles. The third-order valence-corrected chi connectivity index (χ3v) is 6.13. The van der Waals surface area contributed by atoms with Gasteiger partial charge in [0.05, 0.1) is 4.90 Å². The lowest BCUT2D eigenvalue weighted by atomic mass is 10.1. The van der Waals surface area contributed by atoms with Crippen molar-refractivity contribution >= 4 is 21.9 Å². The maximum Gasteiger partial charge on any atom is 0.326 e. The summed E-state index contributed by atoms with van der Waals surface area (Å²) in [7, 11) is -3.72. The first-order valence-electron chi connectivity index (χ1n) is 8.23. The third kappa shape index (κ3) is 4.38. The highest BCUT2D eigenvalue weighted by atomic mass is 32.2. The van der Waals surface area contributed by atoms with E-state index < -0.39 is 22.0 Å². The summed E-state index contributed by atoms with van der Waals surface area (Å²) in [5, 5.41) is 9.11. The van der Waals surface area contributed by atoms with E-state index in [1.54, 1.807) is 26.0 Å². The number of carbonyl (C=O) groups is 2. The first kappa shape index (κ1) is 19.4. The molecule has 2 rings (SSSR count). The van der Waals surface area contributed by atoms with Crippen molar-refractivity contribution in [2.45, 2.75) is 51.0 Å². The molecular weight excluding hydrogens is 344 g/mol. The number of hydrogen-bond donors (Lipinski definition) is 2. The van der Waals surface area contributed by atoms with Crippen LogP contribution in [0.1, 0.15) is 36.0 Å². The molecule has 1 saturated heterocycles. The molecule has 1 atom stereocenters. The summed E-state index contributed by atoms with van der Waals surface area (Å²) in [6.45, 7) is 5.72. The number of carbonyl (C=O) groups excluding carboxylic acids is 1. The number of benzene rings is 1. The summed E-state index contributed by atoms with van der Waals surface area (Å²) in [4.78, 5) is 24.9. The van der Waals surface area contributed by atoms with Gasteiger partial charge in [-0.3, -0.25) is 4.79 Å². The molecule has 25 heavy (non-hydrogen) atoms. The monoisotopic (exact) mass is 368 g/mol. The zero-order valence-corrected chi connectivity index (χ0v) is 15.5. The van der Waals surface area contributed by atoms with Gasteiger partial charge in [0.15, 0.2) is 0 Å². The van der Waals surface area contributed by atoms with Crippen molar-refractivity contribution in [2.24, 2.45) is 0 Å². The summed E-state index contributed by atoms with van der Waals surface area (Å²) in [5.41, 5.74) is 2.29. The fourth-order valence-corrected chi connectivity index (χ4v) is 4.90. The van der Waals surface area contributed by atoms with E-state index in [0.29, 0.717) is 30.5 Å². The van der Waals surface area contributed by atoms with Crippen LogP contribution in [0, 0.1) is 20.8 Å². The molecule has 138 valence electrons. The minimum Gasteiger partial charge on any atom is -0.480 e. The van der Waals surface area contributed by atoms with Crippen molar-refractivity contribution in [2.75, 3.05) is 13.1 Å². The molecule has 7 nitrogen and oxygen atoms in total. The second kappa shape index (κ2) is 7.53. The smallest absolute Gasteiger partial charge is 0.326 e. The number of likely N-dealkylation sites (tertiary alicyclic amines) is 1. The highest BCUT2D eigenvalue weighted by molar-refractivity contribution is 7.89. The van der Waals surface area contributed by atoms with Gasteiger partial charge in [0, 0.05) is 19.5 Å². The van der Waals surface area contributed by atoms with Crippen LogP contribution < -0.4 is 4.72 Å². The number of aryl methyl sites for hydroxylation is 3. The fourth-order valence-electron chi connectivity index (χ4n) is 3.42. The van der Waals surface area contributed by atoms with Crippen LogP contribution in [0.3, 0.4) is 0 Å². The highest BCUT2D eigenvalue weighted by Crippen LogP contribution is 2.22. The Hall–Kier alpha value is -1.93. The number of sulfonamides is 1. The van der Waals surface area contributed by atoms with Crippen molar-refractivity contribution < 1.29 is 23.1 Å². The van der Waals surface area contributed by atoms with E-state index in [-0.39, 0.29) is 23.8 Å². The predicted molar refractivity (Wildman–Crippen MR) is 92.8 cm³/mol. The molecule has 2 N–H and O–H groups in total. The molecule has 1 aromatic rings. The lowest BCUT2D eigenvalue weighted by Gasteiger charge is -2.21. The Balaban J connectivity index is 2.01. The molecular formula is C17H24N2O5S. The lowest BCUT2D eigenvalue weighted by molar-refractivity contribution is -0.148. The van der Waals surface area contributed by atoms with Crippen LogP contribution in [0.15, 0.2) is 17.0 Å². The Morgan fingerprint density at radius 2 is 1.84 bits per heavy atom. The Morgan fingerprint density at radius 1 is 1.24 bits per heavy atom. The first-order chi connectivity index (χ1) is 11.6. The van der Waals surface area contributed by atoms with Crippen LogP contribution >= 0.6 is 0 Å². The van der Waals surface area contributed by atoms with Gasteiger partial charge < -0.3 is 10.0 Å². The summed E-state index contributed by atoms with van der Waals surface area (Å²) in [6.07, 6.45) is 1.03. The van der Waals surface area contributed by atoms with Crippen LogP contribution in [0.4, 0.5) is 0 Å². The van der Waals surface area contributed by atoms with E-state index in [4.69, 9.17) is 5.11 Å². The van der Waals surface area contributed by atoms with Crippen LogP contribution in [0.25, 0.3) is 0 Å². The second-order valence-electron chi connectivity index (χ2n) is 6.46. The maximum absolute atomic E-state index is 12.5. The largest absolute Gasteiger partial charge is 0.480 e. The molecule has 1 heterocycles. The van der Waals surface area contributed by atoms with Crippen LogP contribution in [-0.2, 0) is 19.6 Å². The normalized spacial score (nSPS) is 17.7. The quantitative estimate of drug-likeness (QED) is 0.789. The molecule has 1 aliphatic rings. The van der Waals surface area contributed by atoms with Gasteiger partial charge >= 0.3 is 5.97 Å². The standard InChI is InChI=1S/C17H24N2O5S/c1-11-9-12(2)16(13(3)10-11)25(23,24)18-7-6-15(20)19-8-4-5-14(19)17(21)22/h9-10,14,18H,4-8H2,1-3H3,(H,21,22). The van der Waals surface area contributed by atoms with Crippen molar-refractivity contribution in [3.63, 3.8) is 0 Å². The maximum atomic E-state index is 12.5. The summed E-state index contributed by atoms with van der Waals surface area (Å²) >= 11 is 0. The van der Waals surface area contributed by atoms with E-state index in [0.717, 1.165) is 5.56 Å². The first-order valence-corrected chi connectivity index (χ1v) is 9.71. The Bertz CT molecular complexity index is 765. The van der Waals surface area contributed by atoms with Crippen molar-refractivity contribution in [3.05, 3.63) is 28.8 Å². The van der Waals surface area contributed by atoms with Crippen molar-refractivity contribution in [1.82, 2.24) is 9.62 Å². The SMILES string of the molecule is Cc1cc(C)c(S(=O)(=O)NCCC(=O)N2CCCC2C(=O)O)c(C)c1. The predicted octanol–water partition coefficient (Wildman–Crippen LogP) is 1.36. The van der Waals surface area contributed by atoms with E-state index in [1.807, 2.05) is 6.92 Å². The lowest BCUT2D eigenvalue weighted by Crippen LogP contribution is -2.41. The number of nitrogens with zero attached hydrogens (tertiary/aromatic N) is 1. The van der Waals surface area contributed by atoms with Gasteiger partial charge in [-0.25, -0.2) is 17.9 Å². The highest BCUT2D eigenvalue weighted by Gasteiger charge is 2.33. The number of aliphatic carboxylic acids is 1. The summed E-state index contributed by atoms with van der Waals surface area (Å²) < 4.78 is 27.5. The molecule has 0 spiro atoms. The summed E-state index contributed by atoms with van der Waals surface area (Å²) in [6, 6.07) is 2.80. The number of carboxylic acid groups (broad SMARTS) is 1. The molecule has 1 amide bonds. The minimum atomic E-state index is -3.72. The molecule has 1 aliphatic heterocycles. The number of hydrogen-bond acceptors (Lipinski definition) is 4. The second-order valence-corrected chi connectivity index (χ2v) is 8.16. The molecule has 1 fully saturated rings. The molecule has 1 unspecified atom stereocenters. The zero-order chi connectivity index (χ0) is 18.8. The topological polar surface area (TPSA) is 104 Å². The Morgan fingerprint density at radius 3 is 2.40 bits per heavy atom. The summed E-state index contributed by atoms with van der Waals surface area (Å²) in [5.74, 6) is -1.36. The van der Waals surface area contributed by atoms with E-state index in [2.05, 4.69) is 4.72 Å². The van der Waals surface area contributed by atoms with Gasteiger partial charge in [-0.15, -0.1) is 0 Å². The van der Waals surface area contributed by atoms with Gasteiger partial charge in [0.2, 0.25) is 15.9 Å². The molecule has 0 aliphatic carbocycles. The molecule has 0 radical (unpaired) electrons. The van der Waals surface area contributed by atoms with E-state index >= 15 is 0 Å². The molecule has 0 saturated carbocycles. The number of carboxylic acids is 1. The zero-order valence-electron chi connectivity index (χ0n) is 14.7. The number of amides is 1. The number of nitrogens with one attached hydrogen (secondary N) is 1. The average molecular weight is 368 g/mol. The number of rotatable bonds is 6. The van der Waals surface area contributed by atoms with Crippen LogP contribution in [0.2, 0.25) is 0 Å². The van der Waals surface area contributed by atoms with Gasteiger partial charge in [-0.1, -0.05) is 17.7 Å². The van der Waals surface area contributed by atoms with E-state index in [1.165, 1.54) is 4.90 Å². The minimum absolute atomic E-state index is 0.0588. The molecule has 8 heteroatoms. The fraction of sp³-hybridized carbons (Fsp3) is 0.529. The van der Waals surface area contributed by atoms with Gasteiger partial charge in [-0.2, -0.15) is 0 Å². The molecule has 1 aromatic carbocycles. The Labute approximate surface area is 148 Å². The average Bonchev–Trinajstić information content (AvgIpc) is 2.94. The third-order valence-electron chi connectivity index (χ3n) is 4.36.